The van der Waals surface area contributed by atoms with Crippen molar-refractivity contribution < 1.29 is 0 Å². The van der Waals surface area contributed by atoms with Gasteiger partial charge in [0.15, 0.2) is 0 Å². The van der Waals surface area contributed by atoms with Crippen molar-refractivity contribution in [3.63, 3.8) is 0 Å². The zero-order valence-electron chi connectivity index (χ0n) is 6.06. The molecule has 2 N–H and O–H groups in total. The second kappa shape index (κ2) is 3.48. The summed E-state index contributed by atoms with van der Waals surface area (Å²) in [6, 6.07) is 0. The molecule has 0 saturated carbocycles. The number of nitrogens with zero attached hydrogens (tertiary/aromatic N) is 1. The van der Waals surface area contributed by atoms with Crippen LogP contribution >= 0.6 is 15.9 Å². The number of halogens is 1. The van der Waals surface area contributed by atoms with Crippen LogP contribution in [0.3, 0.4) is 0 Å². The Hall–Kier alpha value is -0.900. The van der Waals surface area contributed by atoms with Crippen LogP contribution in [0.25, 0.3) is 0 Å². The molecular formula is C7H8BrN3. The minimum Gasteiger partial charge on any atom is -0.392 e. The summed E-state index contributed by atoms with van der Waals surface area (Å²) < 4.78 is 0.745. The van der Waals surface area contributed by atoms with Gasteiger partial charge in [0.1, 0.15) is 10.3 Å². The highest BCUT2D eigenvalue weighted by molar-refractivity contribution is 9.18. The molecule has 0 fully saturated rings. The number of hydrogen-bond donors (Lipinski definition) is 2. The first-order chi connectivity index (χ1) is 5.24. The fourth-order valence-electron chi connectivity index (χ4n) is 0.697. The van der Waals surface area contributed by atoms with E-state index in [9.17, 15) is 0 Å². The van der Waals surface area contributed by atoms with Gasteiger partial charge < -0.3 is 5.32 Å². The van der Waals surface area contributed by atoms with Crippen LogP contribution in [0.1, 0.15) is 0 Å². The first-order valence-corrected chi connectivity index (χ1v) is 3.92. The van der Waals surface area contributed by atoms with Crippen molar-refractivity contribution >= 4 is 26.3 Å². The van der Waals surface area contributed by atoms with Crippen LogP contribution in [0, 0.1) is 5.41 Å². The summed E-state index contributed by atoms with van der Waals surface area (Å²) in [5.41, 5.74) is 1.06. The van der Waals surface area contributed by atoms with Gasteiger partial charge in [-0.25, -0.2) is 4.99 Å². The van der Waals surface area contributed by atoms with E-state index >= 15 is 0 Å². The van der Waals surface area contributed by atoms with Gasteiger partial charge >= 0.3 is 0 Å². The SMILES string of the molecule is CN/C=C1/N=C(Br)C=CC1=N. The van der Waals surface area contributed by atoms with Crippen LogP contribution in [0.2, 0.25) is 0 Å². The first-order valence-electron chi connectivity index (χ1n) is 3.12. The van der Waals surface area contributed by atoms with Crippen LogP contribution in [0.5, 0.6) is 0 Å². The van der Waals surface area contributed by atoms with E-state index in [2.05, 4.69) is 26.2 Å². The van der Waals surface area contributed by atoms with Crippen LogP contribution in [0.15, 0.2) is 29.0 Å². The molecule has 0 radical (unpaired) electrons. The second-order valence-corrected chi connectivity index (χ2v) is 2.81. The Morgan fingerprint density at radius 1 is 1.64 bits per heavy atom. The monoisotopic (exact) mass is 213 g/mol. The molecule has 3 nitrogen and oxygen atoms in total. The molecule has 0 aromatic rings. The molecule has 1 aliphatic rings. The minimum atomic E-state index is 0.419. The fraction of sp³-hybridized carbons (Fsp3) is 0.143. The Labute approximate surface area is 73.5 Å². The van der Waals surface area contributed by atoms with Gasteiger partial charge in [-0.2, -0.15) is 0 Å². The molecule has 0 amide bonds. The van der Waals surface area contributed by atoms with E-state index in [-0.39, 0.29) is 0 Å². The van der Waals surface area contributed by atoms with Crippen LogP contribution in [-0.4, -0.2) is 17.4 Å². The third-order valence-electron chi connectivity index (χ3n) is 1.17. The van der Waals surface area contributed by atoms with Gasteiger partial charge in [-0.05, 0) is 28.1 Å². The largest absolute Gasteiger partial charge is 0.392 e. The summed E-state index contributed by atoms with van der Waals surface area (Å²) in [5, 5.41) is 10.2. The van der Waals surface area contributed by atoms with Gasteiger partial charge in [-0.15, -0.1) is 0 Å². The van der Waals surface area contributed by atoms with E-state index in [1.807, 2.05) is 0 Å². The molecule has 1 aliphatic heterocycles. The van der Waals surface area contributed by atoms with Crippen molar-refractivity contribution in [1.29, 1.82) is 5.41 Å². The van der Waals surface area contributed by atoms with Crippen molar-refractivity contribution in [2.75, 3.05) is 7.05 Å². The van der Waals surface area contributed by atoms with Gasteiger partial charge in [0, 0.05) is 13.2 Å². The summed E-state index contributed by atoms with van der Waals surface area (Å²) in [7, 11) is 1.78. The van der Waals surface area contributed by atoms with E-state index in [0.717, 1.165) is 4.62 Å². The Morgan fingerprint density at radius 3 is 3.00 bits per heavy atom. The van der Waals surface area contributed by atoms with Crippen molar-refractivity contribution in [3.05, 3.63) is 24.0 Å². The minimum absolute atomic E-state index is 0.419. The van der Waals surface area contributed by atoms with Crippen molar-refractivity contribution in [1.82, 2.24) is 5.32 Å². The molecule has 11 heavy (non-hydrogen) atoms. The average molecular weight is 214 g/mol. The molecule has 0 atom stereocenters. The second-order valence-electron chi connectivity index (χ2n) is 2.00. The summed E-state index contributed by atoms with van der Waals surface area (Å²) >= 11 is 3.22. The van der Waals surface area contributed by atoms with Gasteiger partial charge in [0.2, 0.25) is 0 Å². The van der Waals surface area contributed by atoms with Crippen molar-refractivity contribution in [2.45, 2.75) is 0 Å². The smallest absolute Gasteiger partial charge is 0.107 e. The van der Waals surface area contributed by atoms with Crippen LogP contribution in [-0.2, 0) is 0 Å². The predicted octanol–water partition coefficient (Wildman–Crippen LogP) is 1.43. The third kappa shape index (κ3) is 2.01. The normalized spacial score (nSPS) is 20.4. The molecule has 0 saturated heterocycles. The zero-order chi connectivity index (χ0) is 8.27. The number of dihydropyridines is 1. The van der Waals surface area contributed by atoms with E-state index in [0.29, 0.717) is 11.4 Å². The van der Waals surface area contributed by atoms with Crippen molar-refractivity contribution in [2.24, 2.45) is 4.99 Å². The van der Waals surface area contributed by atoms with E-state index in [1.165, 1.54) is 0 Å². The highest BCUT2D eigenvalue weighted by Gasteiger charge is 2.05. The average Bonchev–Trinajstić information content (AvgIpc) is 1.98. The lowest BCUT2D eigenvalue weighted by molar-refractivity contribution is 1.08. The summed E-state index contributed by atoms with van der Waals surface area (Å²) in [4.78, 5) is 4.07. The van der Waals surface area contributed by atoms with Crippen molar-refractivity contribution in [3.8, 4) is 0 Å². The quantitative estimate of drug-likeness (QED) is 0.681. The maximum Gasteiger partial charge on any atom is 0.107 e. The highest BCUT2D eigenvalue weighted by atomic mass is 79.9. The van der Waals surface area contributed by atoms with Crippen LogP contribution < -0.4 is 5.32 Å². The topological polar surface area (TPSA) is 48.2 Å². The van der Waals surface area contributed by atoms with E-state index in [4.69, 9.17) is 5.41 Å². The highest BCUT2D eigenvalue weighted by Crippen LogP contribution is 2.09. The van der Waals surface area contributed by atoms with Gasteiger partial charge in [-0.3, -0.25) is 5.41 Å². The van der Waals surface area contributed by atoms with Gasteiger partial charge in [-0.1, -0.05) is 0 Å². The predicted molar refractivity (Wildman–Crippen MR) is 50.4 cm³/mol. The Morgan fingerprint density at radius 2 is 2.36 bits per heavy atom. The molecule has 0 aromatic carbocycles. The lowest BCUT2D eigenvalue weighted by atomic mass is 10.2. The number of allylic oxidation sites excluding steroid dienone is 2. The summed E-state index contributed by atoms with van der Waals surface area (Å²) in [5.74, 6) is 0. The Balaban J connectivity index is 2.90. The van der Waals surface area contributed by atoms with Gasteiger partial charge in [0.05, 0.1) is 5.71 Å². The molecule has 0 spiro atoms. The number of nitrogens with one attached hydrogen (secondary N) is 2. The molecule has 4 heteroatoms. The molecule has 0 aliphatic carbocycles. The number of hydrogen-bond acceptors (Lipinski definition) is 3. The maximum atomic E-state index is 7.42. The number of aliphatic imine (C=N–C) groups is 1. The zero-order valence-corrected chi connectivity index (χ0v) is 7.64. The maximum absolute atomic E-state index is 7.42. The van der Waals surface area contributed by atoms with Crippen LogP contribution in [0.4, 0.5) is 0 Å². The number of rotatable bonds is 1. The molecule has 0 aromatic heterocycles. The van der Waals surface area contributed by atoms with E-state index < -0.39 is 0 Å². The molecule has 58 valence electrons. The fourth-order valence-corrected chi connectivity index (χ4v) is 1.02. The lowest BCUT2D eigenvalue weighted by Crippen LogP contribution is -2.06. The van der Waals surface area contributed by atoms with Gasteiger partial charge in [0.25, 0.3) is 0 Å². The molecule has 1 rings (SSSR count). The molecule has 0 bridgehead atoms. The molecular weight excluding hydrogens is 206 g/mol. The third-order valence-corrected chi connectivity index (χ3v) is 1.61. The molecule has 0 unspecified atom stereocenters. The first kappa shape index (κ1) is 8.20. The lowest BCUT2D eigenvalue weighted by Gasteiger charge is -2.04. The summed E-state index contributed by atoms with van der Waals surface area (Å²) in [6.45, 7) is 0. The summed E-state index contributed by atoms with van der Waals surface area (Å²) in [6.07, 6.45) is 5.13. The Bertz CT molecular complexity index is 263. The molecule has 1 heterocycles. The van der Waals surface area contributed by atoms with E-state index in [1.54, 1.807) is 25.4 Å². The standard InChI is InChI=1S/C7H8BrN3/c1-10-4-6-5(9)2-3-7(8)11-6/h2-4,9-10H,1H3/b6-4+,9-5?. The Kier molecular flexibility index (Phi) is 2.59.